The van der Waals surface area contributed by atoms with Crippen LogP contribution in [-0.4, -0.2) is 30.9 Å². The molecule has 5 nitrogen and oxygen atoms in total. The lowest BCUT2D eigenvalue weighted by Gasteiger charge is -2.18. The summed E-state index contributed by atoms with van der Waals surface area (Å²) < 4.78 is 5.20. The van der Waals surface area contributed by atoms with Gasteiger partial charge < -0.3 is 15.0 Å². The van der Waals surface area contributed by atoms with Gasteiger partial charge in [-0.3, -0.25) is 9.59 Å². The van der Waals surface area contributed by atoms with Gasteiger partial charge in [-0.05, 0) is 23.8 Å². The zero-order valence-electron chi connectivity index (χ0n) is 13.5. The molecule has 0 aliphatic carbocycles. The molecule has 0 unspecified atom stereocenters. The van der Waals surface area contributed by atoms with Gasteiger partial charge in [0.05, 0.1) is 12.8 Å². The molecule has 0 atom stereocenters. The van der Waals surface area contributed by atoms with E-state index in [9.17, 15) is 9.59 Å². The van der Waals surface area contributed by atoms with Crippen molar-refractivity contribution in [3.63, 3.8) is 0 Å². The van der Waals surface area contributed by atoms with Gasteiger partial charge in [-0.15, -0.1) is 0 Å². The number of ether oxygens (including phenoxy) is 1. The van der Waals surface area contributed by atoms with Crippen LogP contribution in [0.1, 0.15) is 22.8 Å². The summed E-state index contributed by atoms with van der Waals surface area (Å²) in [5, 5.41) is 2.67. The molecule has 5 heteroatoms. The van der Waals surface area contributed by atoms with E-state index in [0.717, 1.165) is 5.56 Å². The van der Waals surface area contributed by atoms with Crippen LogP contribution in [0.15, 0.2) is 48.5 Å². The normalized spacial score (nSPS) is 10.0. The Labute approximate surface area is 135 Å². The molecule has 0 aliphatic heterocycles. The van der Waals surface area contributed by atoms with E-state index in [-0.39, 0.29) is 11.8 Å². The number of nitrogens with one attached hydrogen (secondary N) is 1. The summed E-state index contributed by atoms with van der Waals surface area (Å²) in [5.74, 6) is 0.177. The standard InChI is InChI=1S/C18H20N2O3/c1-13(21)19-16-11-15(9-10-17(16)23-3)18(22)20(2)12-14-7-5-4-6-8-14/h4-11H,12H2,1-3H3,(H,19,21). The summed E-state index contributed by atoms with van der Waals surface area (Å²) >= 11 is 0. The number of rotatable bonds is 5. The molecule has 23 heavy (non-hydrogen) atoms. The molecule has 2 aromatic rings. The lowest BCUT2D eigenvalue weighted by molar-refractivity contribution is -0.114. The van der Waals surface area contributed by atoms with Crippen molar-refractivity contribution in [3.8, 4) is 5.75 Å². The lowest BCUT2D eigenvalue weighted by atomic mass is 10.1. The summed E-state index contributed by atoms with van der Waals surface area (Å²) in [6.45, 7) is 1.93. The van der Waals surface area contributed by atoms with Crippen LogP contribution in [0.4, 0.5) is 5.69 Å². The maximum absolute atomic E-state index is 12.6. The molecule has 0 bridgehead atoms. The molecule has 1 N–H and O–H groups in total. The predicted molar refractivity (Wildman–Crippen MR) is 89.5 cm³/mol. The monoisotopic (exact) mass is 312 g/mol. The van der Waals surface area contributed by atoms with Crippen LogP contribution in [0.25, 0.3) is 0 Å². The van der Waals surface area contributed by atoms with Crippen molar-refractivity contribution < 1.29 is 14.3 Å². The quantitative estimate of drug-likeness (QED) is 0.923. The maximum Gasteiger partial charge on any atom is 0.253 e. The van der Waals surface area contributed by atoms with Gasteiger partial charge in [-0.1, -0.05) is 30.3 Å². The summed E-state index contributed by atoms with van der Waals surface area (Å²) in [6.07, 6.45) is 0. The highest BCUT2D eigenvalue weighted by Gasteiger charge is 2.15. The number of methoxy groups -OCH3 is 1. The minimum Gasteiger partial charge on any atom is -0.495 e. The Kier molecular flexibility index (Phi) is 5.36. The summed E-state index contributed by atoms with van der Waals surface area (Å²) in [5.41, 5.74) is 2.03. The van der Waals surface area contributed by atoms with Gasteiger partial charge in [-0.2, -0.15) is 0 Å². The third-order valence-electron chi connectivity index (χ3n) is 3.37. The Bertz CT molecular complexity index is 699. The molecule has 2 rings (SSSR count). The molecule has 0 aromatic heterocycles. The summed E-state index contributed by atoms with van der Waals surface area (Å²) in [6, 6.07) is 14.8. The molecule has 0 aliphatic rings. The Morgan fingerprint density at radius 3 is 2.43 bits per heavy atom. The van der Waals surface area contributed by atoms with Crippen molar-refractivity contribution >= 4 is 17.5 Å². The number of carbonyl (C=O) groups is 2. The van der Waals surface area contributed by atoms with E-state index in [0.29, 0.717) is 23.5 Å². The third kappa shape index (κ3) is 4.32. The molecular weight excluding hydrogens is 292 g/mol. The zero-order chi connectivity index (χ0) is 16.8. The van der Waals surface area contributed by atoms with Crippen LogP contribution in [0.3, 0.4) is 0 Å². The number of hydrogen-bond donors (Lipinski definition) is 1. The molecule has 0 fully saturated rings. The molecule has 120 valence electrons. The molecule has 2 aromatic carbocycles. The SMILES string of the molecule is COc1ccc(C(=O)N(C)Cc2ccccc2)cc1NC(C)=O. The van der Waals surface area contributed by atoms with Crippen molar-refractivity contribution in [3.05, 3.63) is 59.7 Å². The first-order chi connectivity index (χ1) is 11.0. The Morgan fingerprint density at radius 2 is 1.83 bits per heavy atom. The van der Waals surface area contributed by atoms with E-state index in [1.165, 1.54) is 14.0 Å². The van der Waals surface area contributed by atoms with Gasteiger partial charge in [0.2, 0.25) is 5.91 Å². The fourth-order valence-corrected chi connectivity index (χ4v) is 2.28. The molecule has 2 amide bonds. The van der Waals surface area contributed by atoms with Gasteiger partial charge in [-0.25, -0.2) is 0 Å². The fourth-order valence-electron chi connectivity index (χ4n) is 2.28. The van der Waals surface area contributed by atoms with Gasteiger partial charge in [0, 0.05) is 26.1 Å². The second kappa shape index (κ2) is 7.45. The number of amides is 2. The molecule has 0 heterocycles. The minimum atomic E-state index is -0.217. The van der Waals surface area contributed by atoms with E-state index in [4.69, 9.17) is 4.74 Å². The average molecular weight is 312 g/mol. The molecule has 0 radical (unpaired) electrons. The second-order valence-corrected chi connectivity index (χ2v) is 5.24. The van der Waals surface area contributed by atoms with Gasteiger partial charge in [0.15, 0.2) is 0 Å². The van der Waals surface area contributed by atoms with Crippen LogP contribution in [-0.2, 0) is 11.3 Å². The number of nitrogens with zero attached hydrogens (tertiary/aromatic N) is 1. The predicted octanol–water partition coefficient (Wildman–Crippen LogP) is 2.93. The smallest absolute Gasteiger partial charge is 0.253 e. The molecular formula is C18H20N2O3. The Balaban J connectivity index is 2.19. The van der Waals surface area contributed by atoms with Crippen LogP contribution in [0.5, 0.6) is 5.75 Å². The fraction of sp³-hybridized carbons (Fsp3) is 0.222. The Hall–Kier alpha value is -2.82. The third-order valence-corrected chi connectivity index (χ3v) is 3.37. The van der Waals surface area contributed by atoms with Gasteiger partial charge in [0.1, 0.15) is 5.75 Å². The Morgan fingerprint density at radius 1 is 1.13 bits per heavy atom. The first kappa shape index (κ1) is 16.5. The molecule has 0 saturated carbocycles. The van der Waals surface area contributed by atoms with Crippen LogP contribution in [0, 0.1) is 0 Å². The summed E-state index contributed by atoms with van der Waals surface area (Å²) in [7, 11) is 3.27. The minimum absolute atomic E-state index is 0.122. The first-order valence-electron chi connectivity index (χ1n) is 7.26. The van der Waals surface area contributed by atoms with Crippen molar-refractivity contribution in [1.82, 2.24) is 4.90 Å². The second-order valence-electron chi connectivity index (χ2n) is 5.24. The molecule has 0 spiro atoms. The lowest BCUT2D eigenvalue weighted by Crippen LogP contribution is -2.26. The van der Waals surface area contributed by atoms with Crippen molar-refractivity contribution in [1.29, 1.82) is 0 Å². The highest BCUT2D eigenvalue weighted by molar-refractivity contribution is 5.97. The van der Waals surface area contributed by atoms with E-state index in [2.05, 4.69) is 5.32 Å². The van der Waals surface area contributed by atoms with Crippen molar-refractivity contribution in [2.75, 3.05) is 19.5 Å². The largest absolute Gasteiger partial charge is 0.495 e. The summed E-state index contributed by atoms with van der Waals surface area (Å²) in [4.78, 5) is 25.5. The molecule has 0 saturated heterocycles. The number of anilines is 1. The highest BCUT2D eigenvalue weighted by Crippen LogP contribution is 2.26. The van der Waals surface area contributed by atoms with Crippen LogP contribution >= 0.6 is 0 Å². The maximum atomic E-state index is 12.6. The van der Waals surface area contributed by atoms with Crippen molar-refractivity contribution in [2.45, 2.75) is 13.5 Å². The van der Waals surface area contributed by atoms with E-state index < -0.39 is 0 Å². The van der Waals surface area contributed by atoms with Crippen molar-refractivity contribution in [2.24, 2.45) is 0 Å². The topological polar surface area (TPSA) is 58.6 Å². The number of hydrogen-bond acceptors (Lipinski definition) is 3. The van der Waals surface area contributed by atoms with E-state index >= 15 is 0 Å². The van der Waals surface area contributed by atoms with Crippen LogP contribution < -0.4 is 10.1 Å². The van der Waals surface area contributed by atoms with Gasteiger partial charge in [0.25, 0.3) is 5.91 Å². The van der Waals surface area contributed by atoms with E-state index in [1.807, 2.05) is 30.3 Å². The highest BCUT2D eigenvalue weighted by atomic mass is 16.5. The average Bonchev–Trinajstić information content (AvgIpc) is 2.54. The van der Waals surface area contributed by atoms with Gasteiger partial charge >= 0.3 is 0 Å². The zero-order valence-corrected chi connectivity index (χ0v) is 13.5. The first-order valence-corrected chi connectivity index (χ1v) is 7.26. The number of benzene rings is 2. The van der Waals surface area contributed by atoms with Crippen LogP contribution in [0.2, 0.25) is 0 Å². The van der Waals surface area contributed by atoms with E-state index in [1.54, 1.807) is 30.1 Å². The number of carbonyl (C=O) groups excluding carboxylic acids is 2.